The van der Waals surface area contributed by atoms with E-state index in [1.807, 2.05) is 0 Å². The van der Waals surface area contributed by atoms with Gasteiger partial charge in [0.15, 0.2) is 0 Å². The van der Waals surface area contributed by atoms with Gasteiger partial charge in [-0.2, -0.15) is 0 Å². The molecule has 0 saturated heterocycles. The maximum atomic E-state index is 8.41. The zero-order valence-electron chi connectivity index (χ0n) is 4.43. The maximum Gasteiger partial charge on any atom is 0.0695 e. The molecule has 0 aliphatic rings. The van der Waals surface area contributed by atoms with Crippen molar-refractivity contribution in [3.63, 3.8) is 0 Å². The van der Waals surface area contributed by atoms with Gasteiger partial charge in [0.05, 0.1) is 21.6 Å². The van der Waals surface area contributed by atoms with Crippen molar-refractivity contribution in [3.05, 3.63) is 0 Å². The van der Waals surface area contributed by atoms with Crippen molar-refractivity contribution in [1.82, 2.24) is 0 Å². The Kier molecular flexibility index (Phi) is 60.5. The van der Waals surface area contributed by atoms with Crippen LogP contribution in [0.2, 0.25) is 0 Å². The van der Waals surface area contributed by atoms with Gasteiger partial charge < -0.3 is 38.9 Å². The maximum absolute atomic E-state index is 8.41. The Morgan fingerprint density at radius 2 is 0.545 bits per heavy atom. The van der Waals surface area contributed by atoms with Gasteiger partial charge in [-0.15, -0.1) is 0 Å². The van der Waals surface area contributed by atoms with Crippen molar-refractivity contribution in [2.45, 2.75) is 0 Å². The summed E-state index contributed by atoms with van der Waals surface area (Å²) in [5, 5.41) is 0. The molecular formula is Cl2O8W-6. The van der Waals surface area contributed by atoms with E-state index < -0.39 is 21.6 Å². The normalized spacial score (nSPS) is 6.55. The SMILES string of the molecule is [O-2].[O-2].[O-][Cl+2]([O-])[O-].[O-][Cl+2]([O-])[O-].[W]. The van der Waals surface area contributed by atoms with Gasteiger partial charge in [-0.3, -0.25) is 0 Å². The largest absolute Gasteiger partial charge is 2.00 e. The molecular weight excluding hydrogens is 383 g/mol. The van der Waals surface area contributed by atoms with Crippen LogP contribution < -0.4 is 28.0 Å². The summed E-state index contributed by atoms with van der Waals surface area (Å²) >= 11 is 0. The second kappa shape index (κ2) is 22.4. The molecule has 0 unspecified atom stereocenters. The van der Waals surface area contributed by atoms with Gasteiger partial charge in [-0.25, -0.2) is 0 Å². The first-order valence-corrected chi connectivity index (χ1v) is 2.78. The molecule has 0 aromatic carbocycles. The zero-order valence-corrected chi connectivity index (χ0v) is 8.88. The monoisotopic (exact) mass is 382 g/mol. The number of hydrogen-bond donors (Lipinski definition) is 0. The minimum atomic E-state index is -2.85. The third kappa shape index (κ3) is 975. The number of halogens is 2. The molecule has 0 heterocycles. The quantitative estimate of drug-likeness (QED) is 0.398. The molecule has 0 N–H and O–H groups in total. The van der Waals surface area contributed by atoms with E-state index in [1.165, 1.54) is 0 Å². The van der Waals surface area contributed by atoms with Gasteiger partial charge in [0.2, 0.25) is 0 Å². The van der Waals surface area contributed by atoms with Crippen LogP contribution >= 0.6 is 0 Å². The molecule has 0 rings (SSSR count). The van der Waals surface area contributed by atoms with Crippen LogP contribution in [0, 0.1) is 21.6 Å². The molecule has 0 fully saturated rings. The molecule has 0 atom stereocenters. The molecule has 0 aromatic heterocycles. The number of hydrogen-bond acceptors (Lipinski definition) is 6. The fourth-order valence-electron chi connectivity index (χ4n) is 0. The van der Waals surface area contributed by atoms with E-state index >= 15 is 0 Å². The van der Waals surface area contributed by atoms with Crippen LogP contribution in [-0.4, -0.2) is 0 Å². The minimum absolute atomic E-state index is 0. The predicted molar refractivity (Wildman–Crippen MR) is 1.37 cm³/mol. The van der Waals surface area contributed by atoms with E-state index in [0.29, 0.717) is 0 Å². The summed E-state index contributed by atoms with van der Waals surface area (Å²) in [5.74, 6) is 0. The summed E-state index contributed by atoms with van der Waals surface area (Å²) in [4.78, 5) is 0. The van der Waals surface area contributed by atoms with Gasteiger partial charge in [-0.05, 0) is 0 Å². The number of rotatable bonds is 0. The van der Waals surface area contributed by atoms with Crippen molar-refractivity contribution in [2.24, 2.45) is 0 Å². The molecule has 0 bridgehead atoms. The molecule has 0 aromatic rings. The van der Waals surface area contributed by atoms with Crippen molar-refractivity contribution >= 4 is 0 Å². The third-order valence-corrected chi connectivity index (χ3v) is 0. The molecule has 0 saturated carbocycles. The fraction of sp³-hybridized carbons (Fsp3) is 0. The smallest absolute Gasteiger partial charge is 0.0695 e. The van der Waals surface area contributed by atoms with Gasteiger partial charge in [-0.1, -0.05) is 0 Å². The Hall–Kier alpha value is 0.948. The second-order valence-electron chi connectivity index (χ2n) is 0.378. The molecule has 0 radical (unpaired) electrons. The van der Waals surface area contributed by atoms with E-state index in [1.54, 1.807) is 0 Å². The van der Waals surface area contributed by atoms with Crippen LogP contribution in [0.15, 0.2) is 0 Å². The standard InChI is InChI=1S/2ClO3.2O.W/c2*2-1(3)4;;;/q2*-1;2*-2;. The molecule has 0 amide bonds. The van der Waals surface area contributed by atoms with E-state index in [-0.39, 0.29) is 32.0 Å². The average molecular weight is 383 g/mol. The van der Waals surface area contributed by atoms with E-state index in [0.717, 1.165) is 0 Å². The molecule has 11 heavy (non-hydrogen) atoms. The van der Waals surface area contributed by atoms with Crippen LogP contribution in [0.4, 0.5) is 0 Å². The molecule has 8 nitrogen and oxygen atoms in total. The van der Waals surface area contributed by atoms with E-state index in [4.69, 9.17) is 28.0 Å². The summed E-state index contributed by atoms with van der Waals surface area (Å²) in [7, 11) is -5.70. The first kappa shape index (κ1) is 29.7. The van der Waals surface area contributed by atoms with Crippen LogP contribution in [0.25, 0.3) is 0 Å². The van der Waals surface area contributed by atoms with Crippen molar-refractivity contribution in [2.75, 3.05) is 0 Å². The van der Waals surface area contributed by atoms with Gasteiger partial charge in [0, 0.05) is 21.1 Å². The summed E-state index contributed by atoms with van der Waals surface area (Å²) in [5.41, 5.74) is 0. The summed E-state index contributed by atoms with van der Waals surface area (Å²) in [6.45, 7) is 0. The first-order valence-electron chi connectivity index (χ1n) is 0.926. The Morgan fingerprint density at radius 1 is 0.545 bits per heavy atom. The summed E-state index contributed by atoms with van der Waals surface area (Å²) in [6.07, 6.45) is 0. The molecule has 0 aliphatic heterocycles. The Morgan fingerprint density at radius 3 is 0.545 bits per heavy atom. The van der Waals surface area contributed by atoms with Crippen LogP contribution in [0.5, 0.6) is 0 Å². The zero-order chi connectivity index (χ0) is 7.15. The van der Waals surface area contributed by atoms with Crippen molar-refractivity contribution in [3.8, 4) is 0 Å². The van der Waals surface area contributed by atoms with Crippen molar-refractivity contribution in [1.29, 1.82) is 0 Å². The van der Waals surface area contributed by atoms with Gasteiger partial charge in [0.25, 0.3) is 0 Å². The van der Waals surface area contributed by atoms with Crippen LogP contribution in [0.3, 0.4) is 0 Å². The van der Waals surface area contributed by atoms with Gasteiger partial charge >= 0.3 is 0 Å². The second-order valence-corrected chi connectivity index (χ2v) is 1.13. The molecule has 74 valence electrons. The predicted octanol–water partition coefficient (Wildman–Crippen LogP) is -7.37. The van der Waals surface area contributed by atoms with E-state index in [9.17, 15) is 0 Å². The fourth-order valence-corrected chi connectivity index (χ4v) is 0. The van der Waals surface area contributed by atoms with Crippen molar-refractivity contribution < 1.29 is 81.5 Å². The molecule has 11 heteroatoms. The van der Waals surface area contributed by atoms with E-state index in [2.05, 4.69) is 0 Å². The first-order chi connectivity index (χ1) is 3.46. The van der Waals surface area contributed by atoms with Gasteiger partial charge in [0.1, 0.15) is 0 Å². The Balaban J connectivity index is -0.0000000171. The Bertz CT molecular complexity index is 27.6. The summed E-state index contributed by atoms with van der Waals surface area (Å²) in [6, 6.07) is 0. The van der Waals surface area contributed by atoms with Crippen LogP contribution in [-0.2, 0) is 32.0 Å². The molecule has 0 spiro atoms. The van der Waals surface area contributed by atoms with Crippen LogP contribution in [0.1, 0.15) is 0 Å². The summed E-state index contributed by atoms with van der Waals surface area (Å²) < 4.78 is 50.4. The third-order valence-electron chi connectivity index (χ3n) is 0. The molecule has 0 aliphatic carbocycles. The average Bonchev–Trinajstić information content (AvgIpc) is 1.25. The Labute approximate surface area is 81.8 Å². The minimum Gasteiger partial charge on any atom is -2.00 e. The topological polar surface area (TPSA) is 195 Å².